The van der Waals surface area contributed by atoms with E-state index in [4.69, 9.17) is 14.6 Å². The third kappa shape index (κ3) is 6.60. The fourth-order valence-corrected chi connectivity index (χ4v) is 5.05. The van der Waals surface area contributed by atoms with Gasteiger partial charge in [-0.1, -0.05) is 18.2 Å². The summed E-state index contributed by atoms with van der Waals surface area (Å²) in [5.41, 5.74) is 1.90. The Kier molecular flexibility index (Phi) is 8.88. The van der Waals surface area contributed by atoms with Crippen LogP contribution < -0.4 is 10.6 Å². The van der Waals surface area contributed by atoms with Crippen LogP contribution in [0.2, 0.25) is 0 Å². The molecule has 1 aliphatic rings. The first kappa shape index (κ1) is 25.6. The highest BCUT2D eigenvalue weighted by atomic mass is 32.1. The Morgan fingerprint density at radius 3 is 2.75 bits per heavy atom. The Labute approximate surface area is 212 Å². The summed E-state index contributed by atoms with van der Waals surface area (Å²) >= 11 is 1.68. The fourth-order valence-electron chi connectivity index (χ4n) is 4.02. The summed E-state index contributed by atoms with van der Waals surface area (Å²) in [6.45, 7) is 1.33. The van der Waals surface area contributed by atoms with Crippen LogP contribution in [0.3, 0.4) is 0 Å². The van der Waals surface area contributed by atoms with Crippen LogP contribution in [-0.4, -0.2) is 48.5 Å². The SMILES string of the molecule is O=C(NCCNc1ccc([N+](=O)[O-])cc1)C1=C[C@H](c2csc3ccccc23)C[C@H](OCCCCO)O1. The molecule has 0 aliphatic carbocycles. The molecule has 3 aromatic rings. The highest BCUT2D eigenvalue weighted by Gasteiger charge is 2.29. The van der Waals surface area contributed by atoms with E-state index in [1.54, 1.807) is 23.5 Å². The lowest BCUT2D eigenvalue weighted by atomic mass is 9.92. The summed E-state index contributed by atoms with van der Waals surface area (Å²) in [7, 11) is 0. The smallest absolute Gasteiger partial charge is 0.286 e. The van der Waals surface area contributed by atoms with E-state index in [0.717, 1.165) is 16.6 Å². The predicted octanol–water partition coefficient (Wildman–Crippen LogP) is 4.54. The first-order chi connectivity index (χ1) is 17.5. The number of non-ortho nitro benzene ring substituents is 1. The van der Waals surface area contributed by atoms with Crippen molar-refractivity contribution in [3.63, 3.8) is 0 Å². The van der Waals surface area contributed by atoms with E-state index in [1.807, 2.05) is 18.2 Å². The van der Waals surface area contributed by atoms with Gasteiger partial charge in [-0.05, 0) is 53.4 Å². The van der Waals surface area contributed by atoms with E-state index < -0.39 is 11.2 Å². The number of benzene rings is 2. The first-order valence-corrected chi connectivity index (χ1v) is 12.8. The third-order valence-corrected chi connectivity index (χ3v) is 6.85. The van der Waals surface area contributed by atoms with Crippen LogP contribution >= 0.6 is 11.3 Å². The minimum absolute atomic E-state index is 0.0244. The summed E-state index contributed by atoms with van der Waals surface area (Å²) in [5, 5.41) is 29.1. The van der Waals surface area contributed by atoms with Gasteiger partial charge in [-0.25, -0.2) is 0 Å². The van der Waals surface area contributed by atoms with Crippen LogP contribution in [0, 0.1) is 10.1 Å². The second-order valence-electron chi connectivity index (χ2n) is 8.40. The topological polar surface area (TPSA) is 123 Å². The number of amides is 1. The number of ether oxygens (including phenoxy) is 2. The number of aliphatic hydroxyl groups is 1. The standard InChI is InChI=1S/C26H29N3O6S/c30-13-3-4-14-34-25-16-18(22-17-36-24-6-2-1-5-21(22)24)15-23(35-25)26(31)28-12-11-27-19-7-9-20(10-8-19)29(32)33/h1-2,5-10,15,17-18,25,27,30H,3-4,11-14,16H2,(H,28,31)/t18-,25+/m0/s1. The number of aliphatic hydroxyl groups excluding tert-OH is 1. The molecule has 1 aromatic heterocycles. The van der Waals surface area contributed by atoms with Gasteiger partial charge in [0.05, 0.1) is 11.5 Å². The molecular formula is C26H29N3O6S. The zero-order valence-corrected chi connectivity index (χ0v) is 20.5. The lowest BCUT2D eigenvalue weighted by Crippen LogP contribution is -2.35. The number of hydrogen-bond acceptors (Lipinski definition) is 8. The summed E-state index contributed by atoms with van der Waals surface area (Å²) in [6.07, 6.45) is 3.26. The summed E-state index contributed by atoms with van der Waals surface area (Å²) in [4.78, 5) is 23.3. The molecule has 0 saturated heterocycles. The van der Waals surface area contributed by atoms with Crippen LogP contribution in [0.5, 0.6) is 0 Å². The molecule has 2 aromatic carbocycles. The number of nitrogens with zero attached hydrogens (tertiary/aromatic N) is 1. The molecule has 190 valence electrons. The van der Waals surface area contributed by atoms with Gasteiger partial charge in [0.25, 0.3) is 11.6 Å². The van der Waals surface area contributed by atoms with E-state index >= 15 is 0 Å². The van der Waals surface area contributed by atoms with Gasteiger partial charge < -0.3 is 25.2 Å². The van der Waals surface area contributed by atoms with Crippen molar-refractivity contribution in [1.29, 1.82) is 0 Å². The molecule has 2 atom stereocenters. The van der Waals surface area contributed by atoms with Crippen molar-refractivity contribution in [3.05, 3.63) is 81.4 Å². The van der Waals surface area contributed by atoms with E-state index in [-0.39, 0.29) is 29.9 Å². The fraction of sp³-hybridized carbons (Fsp3) is 0.346. The Balaban J connectivity index is 1.38. The van der Waals surface area contributed by atoms with Crippen LogP contribution in [0.15, 0.2) is 65.7 Å². The number of thiophene rings is 1. The van der Waals surface area contributed by atoms with Crippen LogP contribution in [0.4, 0.5) is 11.4 Å². The van der Waals surface area contributed by atoms with Gasteiger partial charge in [0.15, 0.2) is 5.76 Å². The van der Waals surface area contributed by atoms with Crippen molar-refractivity contribution < 1.29 is 24.3 Å². The molecule has 0 bridgehead atoms. The normalized spacial score (nSPS) is 17.3. The quantitative estimate of drug-likeness (QED) is 0.185. The van der Waals surface area contributed by atoms with Gasteiger partial charge in [-0.3, -0.25) is 14.9 Å². The summed E-state index contributed by atoms with van der Waals surface area (Å²) in [6, 6.07) is 14.3. The maximum atomic E-state index is 12.9. The van der Waals surface area contributed by atoms with Gasteiger partial charge in [-0.2, -0.15) is 0 Å². The zero-order chi connectivity index (χ0) is 25.3. The molecule has 0 spiro atoms. The maximum absolute atomic E-state index is 12.9. The molecule has 36 heavy (non-hydrogen) atoms. The van der Waals surface area contributed by atoms with Crippen molar-refractivity contribution in [2.24, 2.45) is 0 Å². The number of carbonyl (C=O) groups excluding carboxylic acids is 1. The third-order valence-electron chi connectivity index (χ3n) is 5.87. The molecule has 1 amide bonds. The van der Waals surface area contributed by atoms with E-state index in [0.29, 0.717) is 39.0 Å². The summed E-state index contributed by atoms with van der Waals surface area (Å²) in [5.74, 6) is -0.130. The van der Waals surface area contributed by atoms with Gasteiger partial charge >= 0.3 is 0 Å². The van der Waals surface area contributed by atoms with Crippen molar-refractivity contribution in [2.75, 3.05) is 31.6 Å². The predicted molar refractivity (Wildman–Crippen MR) is 139 cm³/mol. The van der Waals surface area contributed by atoms with E-state index in [1.165, 1.54) is 16.8 Å². The Hall–Kier alpha value is -3.47. The second kappa shape index (κ2) is 12.5. The monoisotopic (exact) mass is 511 g/mol. The van der Waals surface area contributed by atoms with Gasteiger partial charge in [0.1, 0.15) is 0 Å². The molecular weight excluding hydrogens is 482 g/mol. The number of nitro benzene ring substituents is 1. The molecule has 10 heteroatoms. The number of unbranched alkanes of at least 4 members (excludes halogenated alkanes) is 1. The number of nitro groups is 1. The average Bonchev–Trinajstić information content (AvgIpc) is 3.33. The van der Waals surface area contributed by atoms with Gasteiger partial charge in [0, 0.05) is 54.6 Å². The number of rotatable bonds is 12. The number of carbonyl (C=O) groups is 1. The Morgan fingerprint density at radius 2 is 1.97 bits per heavy atom. The molecule has 2 heterocycles. The molecule has 0 unspecified atom stereocenters. The molecule has 3 N–H and O–H groups in total. The van der Waals surface area contributed by atoms with Crippen molar-refractivity contribution in [3.8, 4) is 0 Å². The lowest BCUT2D eigenvalue weighted by molar-refractivity contribution is -0.384. The molecule has 9 nitrogen and oxygen atoms in total. The summed E-state index contributed by atoms with van der Waals surface area (Å²) < 4.78 is 13.0. The molecule has 4 rings (SSSR count). The molecule has 1 aliphatic heterocycles. The average molecular weight is 512 g/mol. The lowest BCUT2D eigenvalue weighted by Gasteiger charge is -2.29. The first-order valence-electron chi connectivity index (χ1n) is 11.9. The van der Waals surface area contributed by atoms with Crippen molar-refractivity contribution in [2.45, 2.75) is 31.5 Å². The molecule has 0 saturated carbocycles. The second-order valence-corrected chi connectivity index (χ2v) is 9.31. The van der Waals surface area contributed by atoms with Crippen molar-refractivity contribution >= 4 is 38.7 Å². The Bertz CT molecular complexity index is 1210. The van der Waals surface area contributed by atoms with Crippen LogP contribution in [0.25, 0.3) is 10.1 Å². The van der Waals surface area contributed by atoms with E-state index in [9.17, 15) is 14.9 Å². The van der Waals surface area contributed by atoms with Crippen molar-refractivity contribution in [1.82, 2.24) is 5.32 Å². The van der Waals surface area contributed by atoms with Crippen LogP contribution in [0.1, 0.15) is 30.7 Å². The van der Waals surface area contributed by atoms with Crippen LogP contribution in [-0.2, 0) is 14.3 Å². The number of anilines is 1. The van der Waals surface area contributed by atoms with E-state index in [2.05, 4.69) is 28.1 Å². The molecule has 0 fully saturated rings. The highest BCUT2D eigenvalue weighted by Crippen LogP contribution is 2.38. The number of fused-ring (bicyclic) bond motifs is 1. The van der Waals surface area contributed by atoms with Gasteiger partial charge in [-0.15, -0.1) is 11.3 Å². The minimum atomic E-state index is -0.559. The largest absolute Gasteiger partial charge is 0.459 e. The minimum Gasteiger partial charge on any atom is -0.459 e. The molecule has 0 radical (unpaired) electrons. The van der Waals surface area contributed by atoms with Gasteiger partial charge in [0.2, 0.25) is 6.29 Å². The maximum Gasteiger partial charge on any atom is 0.286 e. The highest BCUT2D eigenvalue weighted by molar-refractivity contribution is 7.17. The number of hydrogen-bond donors (Lipinski definition) is 3. The number of allylic oxidation sites excluding steroid dienone is 1. The zero-order valence-electron chi connectivity index (χ0n) is 19.7. The Morgan fingerprint density at radius 1 is 1.17 bits per heavy atom. The number of nitrogens with one attached hydrogen (secondary N) is 2.